The first-order valence-corrected chi connectivity index (χ1v) is 6.90. The lowest BCUT2D eigenvalue weighted by atomic mass is 10.3. The summed E-state index contributed by atoms with van der Waals surface area (Å²) in [6.45, 7) is 7.17. The molecule has 0 bridgehead atoms. The van der Waals surface area contributed by atoms with Gasteiger partial charge in [0, 0.05) is 18.8 Å². The third-order valence-electron chi connectivity index (χ3n) is 2.82. The van der Waals surface area contributed by atoms with Crippen molar-refractivity contribution < 1.29 is 4.79 Å². The van der Waals surface area contributed by atoms with Gasteiger partial charge < -0.3 is 15.5 Å². The van der Waals surface area contributed by atoms with Crippen molar-refractivity contribution in [2.75, 3.05) is 18.4 Å². The van der Waals surface area contributed by atoms with E-state index in [-0.39, 0.29) is 11.9 Å². The maximum atomic E-state index is 12.1. The summed E-state index contributed by atoms with van der Waals surface area (Å²) in [7, 11) is 0. The zero-order valence-electron chi connectivity index (χ0n) is 11.6. The molecule has 1 atom stereocenters. The van der Waals surface area contributed by atoms with Gasteiger partial charge in [-0.1, -0.05) is 18.2 Å². The minimum Gasteiger partial charge on any atom is -0.351 e. The molecule has 19 heavy (non-hydrogen) atoms. The van der Waals surface area contributed by atoms with Crippen LogP contribution in [0.25, 0.3) is 0 Å². The van der Waals surface area contributed by atoms with Crippen molar-refractivity contribution in [2.24, 2.45) is 0 Å². The molecule has 2 N–H and O–H groups in total. The van der Waals surface area contributed by atoms with Crippen molar-refractivity contribution in [1.29, 1.82) is 0 Å². The molecule has 0 aromatic heterocycles. The van der Waals surface area contributed by atoms with E-state index >= 15 is 0 Å². The van der Waals surface area contributed by atoms with Gasteiger partial charge in [-0.3, -0.25) is 4.79 Å². The molecular formula is C14H21N3OS. The van der Waals surface area contributed by atoms with E-state index in [4.69, 9.17) is 12.2 Å². The van der Waals surface area contributed by atoms with Crippen molar-refractivity contribution in [3.05, 3.63) is 30.3 Å². The fourth-order valence-corrected chi connectivity index (χ4v) is 2.05. The second-order valence-electron chi connectivity index (χ2n) is 4.20. The molecule has 0 saturated heterocycles. The average molecular weight is 279 g/mol. The molecule has 1 unspecified atom stereocenters. The van der Waals surface area contributed by atoms with Crippen molar-refractivity contribution in [1.82, 2.24) is 10.2 Å². The van der Waals surface area contributed by atoms with Crippen LogP contribution in [0.4, 0.5) is 5.69 Å². The molecule has 0 aliphatic carbocycles. The van der Waals surface area contributed by atoms with Gasteiger partial charge in [-0.25, -0.2) is 0 Å². The lowest BCUT2D eigenvalue weighted by Crippen LogP contribution is -2.47. The number of nitrogens with zero attached hydrogens (tertiary/aromatic N) is 1. The normalized spacial score (nSPS) is 11.5. The number of benzene rings is 1. The molecule has 0 aliphatic heterocycles. The molecule has 0 aliphatic rings. The number of amides is 1. The highest BCUT2D eigenvalue weighted by Crippen LogP contribution is 2.04. The van der Waals surface area contributed by atoms with Crippen LogP contribution in [0.15, 0.2) is 30.3 Å². The number of thiocarbonyl (C=S) groups is 1. The molecule has 4 nitrogen and oxygen atoms in total. The minimum absolute atomic E-state index is 0.0576. The Hall–Kier alpha value is -1.62. The summed E-state index contributed by atoms with van der Waals surface area (Å²) in [5.41, 5.74) is 0.905. The monoisotopic (exact) mass is 279 g/mol. The molecule has 0 spiro atoms. The molecule has 5 heteroatoms. The number of carbonyl (C=O) groups is 1. The SMILES string of the molecule is CCN(CC)C(=O)C(C)NC(=S)Nc1ccccc1. The van der Waals surface area contributed by atoms with Crippen molar-refractivity contribution in [3.8, 4) is 0 Å². The molecule has 1 rings (SSSR count). The van der Waals surface area contributed by atoms with Gasteiger partial charge in [0.1, 0.15) is 6.04 Å². The average Bonchev–Trinajstić information content (AvgIpc) is 2.40. The summed E-state index contributed by atoms with van der Waals surface area (Å²) >= 11 is 5.20. The maximum absolute atomic E-state index is 12.1. The number of para-hydroxylation sites is 1. The molecule has 1 aromatic carbocycles. The molecule has 0 heterocycles. The highest BCUT2D eigenvalue weighted by molar-refractivity contribution is 7.80. The van der Waals surface area contributed by atoms with Crippen LogP contribution in [0.3, 0.4) is 0 Å². The van der Waals surface area contributed by atoms with E-state index in [1.165, 1.54) is 0 Å². The standard InChI is InChI=1S/C14H21N3OS/c1-4-17(5-2)13(18)11(3)15-14(19)16-12-9-7-6-8-10-12/h6-11H,4-5H2,1-3H3,(H2,15,16,19). The van der Waals surface area contributed by atoms with Crippen molar-refractivity contribution >= 4 is 28.9 Å². The zero-order chi connectivity index (χ0) is 14.3. The number of hydrogen-bond acceptors (Lipinski definition) is 2. The van der Waals surface area contributed by atoms with Gasteiger partial charge in [0.05, 0.1) is 0 Å². The fraction of sp³-hybridized carbons (Fsp3) is 0.429. The summed E-state index contributed by atoms with van der Waals surface area (Å²) < 4.78 is 0. The Morgan fingerprint density at radius 2 is 1.84 bits per heavy atom. The van der Waals surface area contributed by atoms with Gasteiger partial charge in [-0.05, 0) is 45.1 Å². The Morgan fingerprint density at radius 3 is 2.37 bits per heavy atom. The zero-order valence-corrected chi connectivity index (χ0v) is 12.5. The van der Waals surface area contributed by atoms with Gasteiger partial charge >= 0.3 is 0 Å². The molecular weight excluding hydrogens is 258 g/mol. The first-order chi connectivity index (χ1) is 9.08. The fourth-order valence-electron chi connectivity index (χ4n) is 1.76. The lowest BCUT2D eigenvalue weighted by molar-refractivity contribution is -0.132. The van der Waals surface area contributed by atoms with Crippen LogP contribution in [0.1, 0.15) is 20.8 Å². The van der Waals surface area contributed by atoms with Crippen molar-refractivity contribution in [3.63, 3.8) is 0 Å². The van der Waals surface area contributed by atoms with E-state index in [0.29, 0.717) is 18.2 Å². The third kappa shape index (κ3) is 4.87. The van der Waals surface area contributed by atoms with Gasteiger partial charge in [-0.2, -0.15) is 0 Å². The predicted octanol–water partition coefficient (Wildman–Crippen LogP) is 2.23. The highest BCUT2D eigenvalue weighted by Gasteiger charge is 2.18. The van der Waals surface area contributed by atoms with E-state index in [1.807, 2.05) is 51.1 Å². The Balaban J connectivity index is 2.50. The van der Waals surface area contributed by atoms with Crippen LogP contribution in [-0.4, -0.2) is 35.1 Å². The van der Waals surface area contributed by atoms with E-state index < -0.39 is 0 Å². The van der Waals surface area contributed by atoms with Gasteiger partial charge in [0.2, 0.25) is 5.91 Å². The first kappa shape index (κ1) is 15.4. The quantitative estimate of drug-likeness (QED) is 0.811. The Kier molecular flexibility index (Phi) is 6.29. The Bertz CT molecular complexity index is 418. The number of anilines is 1. The van der Waals surface area contributed by atoms with Crippen LogP contribution in [0, 0.1) is 0 Å². The topological polar surface area (TPSA) is 44.4 Å². The second-order valence-corrected chi connectivity index (χ2v) is 4.60. The number of rotatable bonds is 5. The van der Waals surface area contributed by atoms with Crippen LogP contribution in [0.2, 0.25) is 0 Å². The number of likely N-dealkylation sites (N-methyl/N-ethyl adjacent to an activating group) is 1. The van der Waals surface area contributed by atoms with Crippen LogP contribution in [-0.2, 0) is 4.79 Å². The molecule has 0 fully saturated rings. The lowest BCUT2D eigenvalue weighted by Gasteiger charge is -2.24. The molecule has 1 aromatic rings. The highest BCUT2D eigenvalue weighted by atomic mass is 32.1. The summed E-state index contributed by atoms with van der Waals surface area (Å²) in [4.78, 5) is 13.8. The van der Waals surface area contributed by atoms with E-state index in [9.17, 15) is 4.79 Å². The first-order valence-electron chi connectivity index (χ1n) is 6.49. The van der Waals surface area contributed by atoms with Gasteiger partial charge in [0.15, 0.2) is 5.11 Å². The van der Waals surface area contributed by atoms with Crippen molar-refractivity contribution in [2.45, 2.75) is 26.8 Å². The van der Waals surface area contributed by atoms with E-state index in [0.717, 1.165) is 5.69 Å². The van der Waals surface area contributed by atoms with Gasteiger partial charge in [-0.15, -0.1) is 0 Å². The largest absolute Gasteiger partial charge is 0.351 e. The molecule has 0 radical (unpaired) electrons. The number of hydrogen-bond donors (Lipinski definition) is 2. The summed E-state index contributed by atoms with van der Waals surface area (Å²) in [5.74, 6) is 0.0576. The molecule has 0 saturated carbocycles. The van der Waals surface area contributed by atoms with E-state index in [2.05, 4.69) is 10.6 Å². The van der Waals surface area contributed by atoms with Crippen LogP contribution in [0.5, 0.6) is 0 Å². The van der Waals surface area contributed by atoms with E-state index in [1.54, 1.807) is 4.90 Å². The number of carbonyl (C=O) groups excluding carboxylic acids is 1. The molecule has 104 valence electrons. The summed E-state index contributed by atoms with van der Waals surface area (Å²) in [6.07, 6.45) is 0. The van der Waals surface area contributed by atoms with Crippen LogP contribution < -0.4 is 10.6 Å². The van der Waals surface area contributed by atoms with Crippen LogP contribution >= 0.6 is 12.2 Å². The minimum atomic E-state index is -0.330. The predicted molar refractivity (Wildman–Crippen MR) is 83.2 cm³/mol. The Labute approximate surface area is 120 Å². The second kappa shape index (κ2) is 7.74. The summed E-state index contributed by atoms with van der Waals surface area (Å²) in [6, 6.07) is 9.30. The van der Waals surface area contributed by atoms with Gasteiger partial charge in [0.25, 0.3) is 0 Å². The molecule has 1 amide bonds. The third-order valence-corrected chi connectivity index (χ3v) is 3.04. The number of nitrogens with one attached hydrogen (secondary N) is 2. The Morgan fingerprint density at radius 1 is 1.26 bits per heavy atom. The summed E-state index contributed by atoms with van der Waals surface area (Å²) in [5, 5.41) is 6.52. The smallest absolute Gasteiger partial charge is 0.244 e. The maximum Gasteiger partial charge on any atom is 0.244 e.